The van der Waals surface area contributed by atoms with Crippen LogP contribution in [0.4, 0.5) is 14.5 Å². The Hall–Kier alpha value is -2.76. The van der Waals surface area contributed by atoms with Crippen molar-refractivity contribution in [1.29, 1.82) is 0 Å². The maximum absolute atomic E-state index is 13.9. The first-order valence-corrected chi connectivity index (χ1v) is 9.05. The predicted octanol–water partition coefficient (Wildman–Crippen LogP) is 3.21. The molecule has 1 unspecified atom stereocenters. The second kappa shape index (κ2) is 6.76. The van der Waals surface area contributed by atoms with Gasteiger partial charge in [-0.3, -0.25) is 9.59 Å². The minimum absolute atomic E-state index is 0.0706. The maximum Gasteiger partial charge on any atom is 0.232 e. The Balaban J connectivity index is 1.48. The standard InChI is InChI=1S/C21H20F2N2O2/c1-13-2-4-14(5-3-13)11-24-12-15(8-20(24)26)21(27)25-7-6-17-18(23)9-16(22)10-19(17)25/h2-5,9-10,15H,6-8,11-12H2,1H3. The van der Waals surface area contributed by atoms with Crippen LogP contribution in [0.15, 0.2) is 36.4 Å². The van der Waals surface area contributed by atoms with Crippen molar-refractivity contribution >= 4 is 17.5 Å². The Morgan fingerprint density at radius 1 is 1.19 bits per heavy atom. The summed E-state index contributed by atoms with van der Waals surface area (Å²) in [4.78, 5) is 28.4. The lowest BCUT2D eigenvalue weighted by molar-refractivity contribution is -0.128. The number of carbonyl (C=O) groups excluding carboxylic acids is 2. The van der Waals surface area contributed by atoms with Crippen molar-refractivity contribution in [3.05, 3.63) is 64.7 Å². The fourth-order valence-electron chi connectivity index (χ4n) is 3.88. The number of hydrogen-bond acceptors (Lipinski definition) is 2. The molecule has 2 aliphatic rings. The normalized spacial score (nSPS) is 18.9. The topological polar surface area (TPSA) is 40.6 Å². The summed E-state index contributed by atoms with van der Waals surface area (Å²) in [6.07, 6.45) is 0.495. The van der Waals surface area contributed by atoms with Crippen molar-refractivity contribution < 1.29 is 18.4 Å². The van der Waals surface area contributed by atoms with Gasteiger partial charge in [-0.25, -0.2) is 8.78 Å². The van der Waals surface area contributed by atoms with Crippen LogP contribution in [0.2, 0.25) is 0 Å². The molecule has 0 aliphatic carbocycles. The second-order valence-electron chi connectivity index (χ2n) is 7.29. The summed E-state index contributed by atoms with van der Waals surface area (Å²) in [6.45, 7) is 3.11. The number of aryl methyl sites for hydroxylation is 1. The largest absolute Gasteiger partial charge is 0.338 e. The summed E-state index contributed by atoms with van der Waals surface area (Å²) in [7, 11) is 0. The molecule has 140 valence electrons. The molecular weight excluding hydrogens is 350 g/mol. The highest BCUT2D eigenvalue weighted by Gasteiger charge is 2.39. The van der Waals surface area contributed by atoms with E-state index in [1.165, 1.54) is 11.0 Å². The van der Waals surface area contributed by atoms with Crippen molar-refractivity contribution in [3.8, 4) is 0 Å². The van der Waals surface area contributed by atoms with E-state index in [1.807, 2.05) is 31.2 Å². The van der Waals surface area contributed by atoms with Gasteiger partial charge in [-0.1, -0.05) is 29.8 Å². The summed E-state index contributed by atoms with van der Waals surface area (Å²) in [5, 5.41) is 0. The first kappa shape index (κ1) is 17.6. The van der Waals surface area contributed by atoms with Gasteiger partial charge in [0.25, 0.3) is 0 Å². The zero-order valence-electron chi connectivity index (χ0n) is 15.0. The Bertz CT molecular complexity index is 911. The third kappa shape index (κ3) is 3.31. The summed E-state index contributed by atoms with van der Waals surface area (Å²) in [5.74, 6) is -2.12. The Labute approximate surface area is 156 Å². The van der Waals surface area contributed by atoms with Gasteiger partial charge in [0.05, 0.1) is 11.6 Å². The molecule has 27 heavy (non-hydrogen) atoms. The van der Waals surface area contributed by atoms with Crippen LogP contribution < -0.4 is 4.90 Å². The highest BCUT2D eigenvalue weighted by atomic mass is 19.1. The molecule has 0 bridgehead atoms. The minimum Gasteiger partial charge on any atom is -0.338 e. The number of benzene rings is 2. The van der Waals surface area contributed by atoms with E-state index in [2.05, 4.69) is 0 Å². The molecule has 2 heterocycles. The van der Waals surface area contributed by atoms with E-state index in [-0.39, 0.29) is 18.2 Å². The lowest BCUT2D eigenvalue weighted by Gasteiger charge is -2.22. The van der Waals surface area contributed by atoms with Crippen molar-refractivity contribution in [2.75, 3.05) is 18.0 Å². The molecule has 2 amide bonds. The van der Waals surface area contributed by atoms with Crippen LogP contribution in [0, 0.1) is 24.5 Å². The summed E-state index contributed by atoms with van der Waals surface area (Å²) in [6, 6.07) is 9.96. The molecule has 0 saturated carbocycles. The van der Waals surface area contributed by atoms with Crippen LogP contribution in [0.1, 0.15) is 23.1 Å². The van der Waals surface area contributed by atoms with Gasteiger partial charge in [0.15, 0.2) is 0 Å². The lowest BCUT2D eigenvalue weighted by Crippen LogP contribution is -2.36. The van der Waals surface area contributed by atoms with E-state index < -0.39 is 17.6 Å². The van der Waals surface area contributed by atoms with E-state index in [0.717, 1.165) is 17.2 Å². The van der Waals surface area contributed by atoms with Gasteiger partial charge in [-0.15, -0.1) is 0 Å². The Morgan fingerprint density at radius 2 is 1.93 bits per heavy atom. The molecule has 0 N–H and O–H groups in total. The predicted molar refractivity (Wildman–Crippen MR) is 97.1 cm³/mol. The smallest absolute Gasteiger partial charge is 0.232 e. The molecular formula is C21H20F2N2O2. The molecule has 1 saturated heterocycles. The van der Waals surface area contributed by atoms with E-state index in [1.54, 1.807) is 4.90 Å². The third-order valence-corrected chi connectivity index (χ3v) is 5.34. The van der Waals surface area contributed by atoms with E-state index in [0.29, 0.717) is 37.3 Å². The van der Waals surface area contributed by atoms with Crippen molar-refractivity contribution in [2.45, 2.75) is 26.3 Å². The number of carbonyl (C=O) groups is 2. The monoisotopic (exact) mass is 370 g/mol. The quantitative estimate of drug-likeness (QED) is 0.833. The number of rotatable bonds is 3. The first-order valence-electron chi connectivity index (χ1n) is 9.05. The molecule has 2 aliphatic heterocycles. The van der Waals surface area contributed by atoms with Crippen LogP contribution in [0.5, 0.6) is 0 Å². The molecule has 0 spiro atoms. The van der Waals surface area contributed by atoms with Crippen LogP contribution in [0.3, 0.4) is 0 Å². The van der Waals surface area contributed by atoms with Gasteiger partial charge in [0.2, 0.25) is 11.8 Å². The number of halogens is 2. The molecule has 4 rings (SSSR count). The Kier molecular flexibility index (Phi) is 4.42. The molecule has 2 aromatic rings. The Morgan fingerprint density at radius 3 is 2.67 bits per heavy atom. The molecule has 2 aromatic carbocycles. The summed E-state index contributed by atoms with van der Waals surface area (Å²) in [5.41, 5.74) is 2.82. The third-order valence-electron chi connectivity index (χ3n) is 5.34. The van der Waals surface area contributed by atoms with Crippen molar-refractivity contribution in [2.24, 2.45) is 5.92 Å². The van der Waals surface area contributed by atoms with Crippen molar-refractivity contribution in [3.63, 3.8) is 0 Å². The van der Waals surface area contributed by atoms with E-state index in [4.69, 9.17) is 0 Å². The van der Waals surface area contributed by atoms with Crippen molar-refractivity contribution in [1.82, 2.24) is 4.90 Å². The van der Waals surface area contributed by atoms with E-state index in [9.17, 15) is 18.4 Å². The van der Waals surface area contributed by atoms with Crippen LogP contribution >= 0.6 is 0 Å². The number of likely N-dealkylation sites (tertiary alicyclic amines) is 1. The molecule has 1 fully saturated rings. The average Bonchev–Trinajstić information content (AvgIpc) is 3.20. The van der Waals surface area contributed by atoms with Crippen LogP contribution in [0.25, 0.3) is 0 Å². The molecule has 0 radical (unpaired) electrons. The van der Waals surface area contributed by atoms with Crippen LogP contribution in [-0.4, -0.2) is 29.8 Å². The zero-order chi connectivity index (χ0) is 19.1. The van der Waals surface area contributed by atoms with Crippen LogP contribution in [-0.2, 0) is 22.6 Å². The number of hydrogen-bond donors (Lipinski definition) is 0. The van der Waals surface area contributed by atoms with Gasteiger partial charge in [-0.2, -0.15) is 0 Å². The van der Waals surface area contributed by atoms with Gasteiger partial charge in [0, 0.05) is 37.7 Å². The summed E-state index contributed by atoms with van der Waals surface area (Å²) < 4.78 is 27.5. The number of nitrogens with zero attached hydrogens (tertiary/aromatic N) is 2. The van der Waals surface area contributed by atoms with E-state index >= 15 is 0 Å². The van der Waals surface area contributed by atoms with Gasteiger partial charge in [-0.05, 0) is 25.0 Å². The zero-order valence-corrected chi connectivity index (χ0v) is 15.0. The molecule has 6 heteroatoms. The SMILES string of the molecule is Cc1ccc(CN2CC(C(=O)N3CCc4c(F)cc(F)cc43)CC2=O)cc1. The molecule has 4 nitrogen and oxygen atoms in total. The number of amides is 2. The average molecular weight is 370 g/mol. The second-order valence-corrected chi connectivity index (χ2v) is 7.29. The first-order chi connectivity index (χ1) is 12.9. The number of fused-ring (bicyclic) bond motifs is 1. The number of anilines is 1. The van der Waals surface area contributed by atoms with Gasteiger partial charge in [0.1, 0.15) is 11.6 Å². The highest BCUT2D eigenvalue weighted by molar-refractivity contribution is 6.00. The minimum atomic E-state index is -0.700. The van der Waals surface area contributed by atoms with Gasteiger partial charge >= 0.3 is 0 Å². The highest BCUT2D eigenvalue weighted by Crippen LogP contribution is 2.34. The maximum atomic E-state index is 13.9. The van der Waals surface area contributed by atoms with Gasteiger partial charge < -0.3 is 9.80 Å². The molecule has 1 atom stereocenters. The fraction of sp³-hybridized carbons (Fsp3) is 0.333. The fourth-order valence-corrected chi connectivity index (χ4v) is 3.88. The lowest BCUT2D eigenvalue weighted by atomic mass is 10.1. The summed E-state index contributed by atoms with van der Waals surface area (Å²) >= 11 is 0. The molecule has 0 aromatic heterocycles.